The summed E-state index contributed by atoms with van der Waals surface area (Å²) >= 11 is 1.61. The second kappa shape index (κ2) is 8.28. The quantitative estimate of drug-likeness (QED) is 0.639. The molecule has 6 nitrogen and oxygen atoms in total. The zero-order chi connectivity index (χ0) is 15.0. The van der Waals surface area contributed by atoms with Crippen molar-refractivity contribution in [3.8, 4) is 0 Å². The molecule has 1 aromatic rings. The number of thioether (sulfide) groups is 1. The Morgan fingerprint density at radius 1 is 1.35 bits per heavy atom. The molecule has 0 amide bonds. The molecule has 0 fully saturated rings. The first-order valence-electron chi connectivity index (χ1n) is 6.56. The van der Waals surface area contributed by atoms with E-state index in [1.54, 1.807) is 25.8 Å². The summed E-state index contributed by atoms with van der Waals surface area (Å²) in [6.45, 7) is 5.39. The third-order valence-corrected chi connectivity index (χ3v) is 3.42. The first-order valence-corrected chi connectivity index (χ1v) is 7.96. The van der Waals surface area contributed by atoms with Gasteiger partial charge in [-0.05, 0) is 20.1 Å². The van der Waals surface area contributed by atoms with Gasteiger partial charge in [-0.15, -0.1) is 0 Å². The van der Waals surface area contributed by atoms with Crippen molar-refractivity contribution in [3.05, 3.63) is 11.9 Å². The van der Waals surface area contributed by atoms with Crippen molar-refractivity contribution >= 4 is 23.4 Å². The van der Waals surface area contributed by atoms with Crippen LogP contribution >= 0.6 is 11.8 Å². The third kappa shape index (κ3) is 5.94. The van der Waals surface area contributed by atoms with Gasteiger partial charge >= 0.3 is 0 Å². The van der Waals surface area contributed by atoms with Gasteiger partial charge in [-0.2, -0.15) is 11.8 Å². The number of anilines is 2. The van der Waals surface area contributed by atoms with Crippen LogP contribution in [-0.4, -0.2) is 52.9 Å². The highest BCUT2D eigenvalue weighted by Crippen LogP contribution is 2.15. The summed E-state index contributed by atoms with van der Waals surface area (Å²) in [5.74, 6) is 2.71. The minimum atomic E-state index is -0.774. The number of nitrogens with zero attached hydrogens (tertiary/aromatic N) is 2. The van der Waals surface area contributed by atoms with Crippen LogP contribution in [0.25, 0.3) is 0 Å². The van der Waals surface area contributed by atoms with Crippen molar-refractivity contribution in [1.82, 2.24) is 9.97 Å². The van der Waals surface area contributed by atoms with E-state index in [1.165, 1.54) is 0 Å². The van der Waals surface area contributed by atoms with Gasteiger partial charge in [0.15, 0.2) is 5.82 Å². The number of ether oxygens (including phenoxy) is 1. The Morgan fingerprint density at radius 3 is 2.55 bits per heavy atom. The molecule has 1 heterocycles. The number of nitrogens with one attached hydrogen (secondary N) is 2. The molecule has 7 heteroatoms. The molecule has 1 rings (SSSR count). The highest BCUT2D eigenvalue weighted by atomic mass is 32.2. The monoisotopic (exact) mass is 300 g/mol. The van der Waals surface area contributed by atoms with E-state index in [0.717, 1.165) is 12.4 Å². The van der Waals surface area contributed by atoms with Gasteiger partial charge in [0.2, 0.25) is 0 Å². The highest BCUT2D eigenvalue weighted by Gasteiger charge is 2.19. The summed E-state index contributed by atoms with van der Waals surface area (Å²) in [6.07, 6.45) is 1.97. The molecule has 0 aliphatic carbocycles. The smallest absolute Gasteiger partial charge is 0.158 e. The fourth-order valence-electron chi connectivity index (χ4n) is 1.70. The van der Waals surface area contributed by atoms with E-state index in [0.29, 0.717) is 30.5 Å². The Hall–Kier alpha value is -1.05. The van der Waals surface area contributed by atoms with Gasteiger partial charge in [0, 0.05) is 32.0 Å². The lowest BCUT2D eigenvalue weighted by Gasteiger charge is -2.23. The van der Waals surface area contributed by atoms with E-state index in [2.05, 4.69) is 20.6 Å². The molecule has 1 aromatic heterocycles. The fraction of sp³-hybridized carbons (Fsp3) is 0.692. The van der Waals surface area contributed by atoms with E-state index in [-0.39, 0.29) is 0 Å². The van der Waals surface area contributed by atoms with Crippen molar-refractivity contribution in [2.75, 3.05) is 42.8 Å². The summed E-state index contributed by atoms with van der Waals surface area (Å²) in [5.41, 5.74) is -0.774. The molecule has 0 saturated heterocycles. The number of rotatable bonds is 9. The van der Waals surface area contributed by atoms with Crippen LogP contribution in [0.15, 0.2) is 6.07 Å². The third-order valence-electron chi connectivity index (χ3n) is 2.51. The first-order chi connectivity index (χ1) is 9.50. The molecule has 1 atom stereocenters. The SMILES string of the molecule is CCNc1cc(NCC(C)(O)CSC)nc(COC)n1. The van der Waals surface area contributed by atoms with Crippen LogP contribution in [0.4, 0.5) is 11.6 Å². The highest BCUT2D eigenvalue weighted by molar-refractivity contribution is 7.98. The van der Waals surface area contributed by atoms with Crippen LogP contribution in [0.3, 0.4) is 0 Å². The second-order valence-corrected chi connectivity index (χ2v) is 5.67. The first kappa shape index (κ1) is 17.0. The van der Waals surface area contributed by atoms with Gasteiger partial charge in [-0.1, -0.05) is 0 Å². The number of methoxy groups -OCH3 is 1. The molecule has 0 aliphatic rings. The summed E-state index contributed by atoms with van der Waals surface area (Å²) in [7, 11) is 1.61. The van der Waals surface area contributed by atoms with E-state index < -0.39 is 5.60 Å². The zero-order valence-electron chi connectivity index (χ0n) is 12.6. The molecule has 0 aliphatic heterocycles. The van der Waals surface area contributed by atoms with Crippen molar-refractivity contribution in [3.63, 3.8) is 0 Å². The van der Waals surface area contributed by atoms with Crippen molar-refractivity contribution in [2.45, 2.75) is 26.1 Å². The predicted molar refractivity (Wildman–Crippen MR) is 84.4 cm³/mol. The van der Waals surface area contributed by atoms with Crippen LogP contribution in [0.1, 0.15) is 19.7 Å². The van der Waals surface area contributed by atoms with E-state index in [4.69, 9.17) is 4.74 Å². The average molecular weight is 300 g/mol. The van der Waals surface area contributed by atoms with Gasteiger partial charge in [0.05, 0.1) is 5.60 Å². The molecule has 0 aromatic carbocycles. The molecule has 114 valence electrons. The molecule has 1 unspecified atom stereocenters. The van der Waals surface area contributed by atoms with E-state index in [9.17, 15) is 5.11 Å². The number of hydrogen-bond acceptors (Lipinski definition) is 7. The van der Waals surface area contributed by atoms with Crippen LogP contribution in [0.5, 0.6) is 0 Å². The number of aliphatic hydroxyl groups is 1. The molecule has 0 saturated carbocycles. The summed E-state index contributed by atoms with van der Waals surface area (Å²) in [6, 6.07) is 1.83. The topological polar surface area (TPSA) is 79.3 Å². The Morgan fingerprint density at radius 2 is 2.00 bits per heavy atom. The van der Waals surface area contributed by atoms with Gasteiger partial charge < -0.3 is 20.5 Å². The normalized spacial score (nSPS) is 13.8. The fourth-order valence-corrected chi connectivity index (χ4v) is 2.42. The Bertz CT molecular complexity index is 391. The zero-order valence-corrected chi connectivity index (χ0v) is 13.4. The van der Waals surface area contributed by atoms with Gasteiger partial charge in [-0.3, -0.25) is 0 Å². The lowest BCUT2D eigenvalue weighted by Crippen LogP contribution is -2.36. The van der Waals surface area contributed by atoms with E-state index in [1.807, 2.05) is 19.2 Å². The minimum Gasteiger partial charge on any atom is -0.387 e. The van der Waals surface area contributed by atoms with Gasteiger partial charge in [0.25, 0.3) is 0 Å². The molecule has 0 radical (unpaired) electrons. The Kier molecular flexibility index (Phi) is 7.04. The van der Waals surface area contributed by atoms with Gasteiger partial charge in [-0.25, -0.2) is 9.97 Å². The van der Waals surface area contributed by atoms with Crippen molar-refractivity contribution < 1.29 is 9.84 Å². The Balaban J connectivity index is 2.77. The van der Waals surface area contributed by atoms with Crippen LogP contribution in [-0.2, 0) is 11.3 Å². The summed E-state index contributed by atoms with van der Waals surface area (Å²) in [5, 5.41) is 16.5. The Labute approximate surface area is 124 Å². The predicted octanol–water partition coefficient (Wildman–Crippen LogP) is 1.58. The molecule has 20 heavy (non-hydrogen) atoms. The standard InChI is InChI=1S/C13H24N4O2S/c1-5-14-10-6-11(17-12(16-10)7-19-3)15-8-13(2,18)9-20-4/h6,18H,5,7-9H2,1-4H3,(H2,14,15,16,17). The molecule has 0 bridgehead atoms. The summed E-state index contributed by atoms with van der Waals surface area (Å²) in [4.78, 5) is 8.70. The van der Waals surface area contributed by atoms with Crippen molar-refractivity contribution in [1.29, 1.82) is 0 Å². The molecular formula is C13H24N4O2S. The average Bonchev–Trinajstić information content (AvgIpc) is 2.37. The van der Waals surface area contributed by atoms with Crippen molar-refractivity contribution in [2.24, 2.45) is 0 Å². The van der Waals surface area contributed by atoms with Gasteiger partial charge in [0.1, 0.15) is 18.2 Å². The maximum absolute atomic E-state index is 10.2. The maximum atomic E-state index is 10.2. The second-order valence-electron chi connectivity index (χ2n) is 4.80. The number of hydrogen-bond donors (Lipinski definition) is 3. The number of aromatic nitrogens is 2. The molecule has 0 spiro atoms. The van der Waals surface area contributed by atoms with Crippen LogP contribution < -0.4 is 10.6 Å². The largest absolute Gasteiger partial charge is 0.387 e. The lowest BCUT2D eigenvalue weighted by atomic mass is 10.1. The summed E-state index contributed by atoms with van der Waals surface area (Å²) < 4.78 is 5.07. The van der Waals surface area contributed by atoms with Crippen LogP contribution in [0, 0.1) is 0 Å². The van der Waals surface area contributed by atoms with Crippen LogP contribution in [0.2, 0.25) is 0 Å². The lowest BCUT2D eigenvalue weighted by molar-refractivity contribution is 0.0996. The molecule has 3 N–H and O–H groups in total. The maximum Gasteiger partial charge on any atom is 0.158 e. The van der Waals surface area contributed by atoms with E-state index >= 15 is 0 Å². The minimum absolute atomic E-state index is 0.356. The molecular weight excluding hydrogens is 276 g/mol.